The van der Waals surface area contributed by atoms with Gasteiger partial charge in [0.15, 0.2) is 5.96 Å². The van der Waals surface area contributed by atoms with Crippen LogP contribution in [-0.4, -0.2) is 57.1 Å². The van der Waals surface area contributed by atoms with E-state index < -0.39 is 0 Å². The molecule has 1 aromatic carbocycles. The molecule has 28 heavy (non-hydrogen) atoms. The minimum absolute atomic E-state index is 0.00296. The van der Waals surface area contributed by atoms with E-state index >= 15 is 0 Å². The van der Waals surface area contributed by atoms with Crippen molar-refractivity contribution in [1.82, 2.24) is 15.5 Å². The Labute approximate surface area is 169 Å². The molecule has 1 amide bonds. The zero-order chi connectivity index (χ0) is 20.6. The Bertz CT molecular complexity index is 664. The normalized spacial score (nSPS) is 15.8. The molecule has 2 N–H and O–H groups in total. The van der Waals surface area contributed by atoms with E-state index in [0.29, 0.717) is 12.6 Å². The zero-order valence-corrected chi connectivity index (χ0v) is 18.0. The third kappa shape index (κ3) is 6.73. The van der Waals surface area contributed by atoms with E-state index in [1.807, 2.05) is 12.1 Å². The number of likely N-dealkylation sites (N-methyl/N-ethyl adjacent to an activating group) is 1. The molecule has 1 aromatic rings. The first kappa shape index (κ1) is 22.1. The lowest BCUT2D eigenvalue weighted by Crippen LogP contribution is -2.48. The molecule has 6 nitrogen and oxygen atoms in total. The van der Waals surface area contributed by atoms with Gasteiger partial charge < -0.3 is 20.3 Å². The maximum Gasteiger partial charge on any atom is 0.243 e. The number of aliphatic imine (C=N–C) groups is 1. The minimum atomic E-state index is -0.116. The number of benzene rings is 1. The Morgan fingerprint density at radius 1 is 1.25 bits per heavy atom. The fourth-order valence-corrected chi connectivity index (χ4v) is 3.33. The summed E-state index contributed by atoms with van der Waals surface area (Å²) in [6, 6.07) is 8.58. The number of hydrogen-bond donors (Lipinski definition) is 2. The smallest absolute Gasteiger partial charge is 0.243 e. The van der Waals surface area contributed by atoms with E-state index in [9.17, 15) is 4.79 Å². The Morgan fingerprint density at radius 3 is 2.61 bits per heavy atom. The third-order valence-electron chi connectivity index (χ3n) is 5.37. The minimum Gasteiger partial charge on any atom is -0.497 e. The molecule has 0 radical (unpaired) electrons. The molecule has 1 saturated carbocycles. The van der Waals surface area contributed by atoms with E-state index in [1.165, 1.54) is 24.8 Å². The third-order valence-corrected chi connectivity index (χ3v) is 5.37. The summed E-state index contributed by atoms with van der Waals surface area (Å²) in [5, 5.41) is 7.01. The van der Waals surface area contributed by atoms with Gasteiger partial charge in [-0.1, -0.05) is 45.2 Å². The van der Waals surface area contributed by atoms with Crippen LogP contribution < -0.4 is 15.4 Å². The van der Waals surface area contributed by atoms with Crippen molar-refractivity contribution in [2.75, 3.05) is 34.3 Å². The highest BCUT2D eigenvalue weighted by molar-refractivity contribution is 5.85. The molecule has 1 aliphatic rings. The molecular formula is C22H36N4O2. The summed E-state index contributed by atoms with van der Waals surface area (Å²) in [7, 11) is 5.20. The summed E-state index contributed by atoms with van der Waals surface area (Å²) >= 11 is 0. The summed E-state index contributed by atoms with van der Waals surface area (Å²) in [5.74, 6) is 1.58. The van der Waals surface area contributed by atoms with Crippen LogP contribution in [0.25, 0.3) is 0 Å². The van der Waals surface area contributed by atoms with Crippen LogP contribution in [0.2, 0.25) is 0 Å². The lowest BCUT2D eigenvalue weighted by Gasteiger charge is -2.29. The molecular weight excluding hydrogens is 352 g/mol. The maximum atomic E-state index is 12.0. The zero-order valence-electron chi connectivity index (χ0n) is 18.0. The SMILES string of the molecule is COc1cccc(C(C)(C)CNC(=NCC(=O)N(C)C)NC2CCCCC2)c1. The van der Waals surface area contributed by atoms with Crippen LogP contribution in [0.15, 0.2) is 29.3 Å². The van der Waals surface area contributed by atoms with Crippen LogP contribution in [0.5, 0.6) is 5.75 Å². The van der Waals surface area contributed by atoms with Crippen molar-refractivity contribution >= 4 is 11.9 Å². The number of rotatable bonds is 7. The van der Waals surface area contributed by atoms with Crippen molar-refractivity contribution in [2.24, 2.45) is 4.99 Å². The molecule has 0 saturated heterocycles. The molecule has 1 aliphatic carbocycles. The van der Waals surface area contributed by atoms with E-state index in [4.69, 9.17) is 4.74 Å². The molecule has 1 fully saturated rings. The highest BCUT2D eigenvalue weighted by atomic mass is 16.5. The van der Waals surface area contributed by atoms with Gasteiger partial charge in [0, 0.05) is 32.1 Å². The fraction of sp³-hybridized carbons (Fsp3) is 0.636. The van der Waals surface area contributed by atoms with Gasteiger partial charge in [-0.05, 0) is 30.5 Å². The van der Waals surface area contributed by atoms with Gasteiger partial charge in [-0.3, -0.25) is 4.79 Å². The largest absolute Gasteiger partial charge is 0.497 e. The van der Waals surface area contributed by atoms with Crippen molar-refractivity contribution < 1.29 is 9.53 Å². The number of carbonyl (C=O) groups is 1. The number of hydrogen-bond acceptors (Lipinski definition) is 3. The van der Waals surface area contributed by atoms with E-state index in [2.05, 4.69) is 41.6 Å². The summed E-state index contributed by atoms with van der Waals surface area (Å²) in [6.07, 6.45) is 6.11. The van der Waals surface area contributed by atoms with Gasteiger partial charge in [0.2, 0.25) is 5.91 Å². The standard InChI is InChI=1S/C22H36N4O2/c1-22(2,17-10-9-13-19(14-17)28-5)16-24-21(23-15-20(27)26(3)4)25-18-11-7-6-8-12-18/h9-10,13-14,18H,6-8,11-12,15-16H2,1-5H3,(H2,23,24,25). The second kappa shape index (κ2) is 10.3. The highest BCUT2D eigenvalue weighted by Gasteiger charge is 2.23. The van der Waals surface area contributed by atoms with E-state index in [-0.39, 0.29) is 17.9 Å². The average Bonchev–Trinajstić information content (AvgIpc) is 2.70. The van der Waals surface area contributed by atoms with Crippen LogP contribution in [-0.2, 0) is 10.2 Å². The second-order valence-corrected chi connectivity index (χ2v) is 8.40. The number of ether oxygens (including phenoxy) is 1. The first-order chi connectivity index (χ1) is 13.3. The number of methoxy groups -OCH3 is 1. The van der Waals surface area contributed by atoms with Crippen molar-refractivity contribution in [1.29, 1.82) is 0 Å². The topological polar surface area (TPSA) is 66.0 Å². The molecule has 0 atom stereocenters. The molecule has 0 spiro atoms. The van der Waals surface area contributed by atoms with Gasteiger partial charge in [0.1, 0.15) is 12.3 Å². The fourth-order valence-electron chi connectivity index (χ4n) is 3.33. The molecule has 0 bridgehead atoms. The number of nitrogens with one attached hydrogen (secondary N) is 2. The van der Waals surface area contributed by atoms with Gasteiger partial charge in [-0.15, -0.1) is 0 Å². The summed E-state index contributed by atoms with van der Waals surface area (Å²) in [6.45, 7) is 5.24. The summed E-state index contributed by atoms with van der Waals surface area (Å²) in [4.78, 5) is 18.1. The van der Waals surface area contributed by atoms with Crippen LogP contribution in [0.1, 0.15) is 51.5 Å². The molecule has 6 heteroatoms. The summed E-state index contributed by atoms with van der Waals surface area (Å²) < 4.78 is 5.36. The molecule has 0 unspecified atom stereocenters. The maximum absolute atomic E-state index is 12.0. The van der Waals surface area contributed by atoms with Crippen molar-refractivity contribution in [3.05, 3.63) is 29.8 Å². The Kier molecular flexibility index (Phi) is 8.15. The van der Waals surface area contributed by atoms with Gasteiger partial charge >= 0.3 is 0 Å². The highest BCUT2D eigenvalue weighted by Crippen LogP contribution is 2.25. The number of nitrogens with zero attached hydrogens (tertiary/aromatic N) is 2. The lowest BCUT2D eigenvalue weighted by molar-refractivity contribution is -0.127. The van der Waals surface area contributed by atoms with Gasteiger partial charge in [0.25, 0.3) is 0 Å². The lowest BCUT2D eigenvalue weighted by atomic mass is 9.84. The van der Waals surface area contributed by atoms with Crippen LogP contribution >= 0.6 is 0 Å². The molecule has 2 rings (SSSR count). The van der Waals surface area contributed by atoms with Crippen molar-refractivity contribution in [3.8, 4) is 5.75 Å². The number of amides is 1. The average molecular weight is 389 g/mol. The van der Waals surface area contributed by atoms with Crippen molar-refractivity contribution in [3.63, 3.8) is 0 Å². The van der Waals surface area contributed by atoms with Gasteiger partial charge in [-0.25, -0.2) is 4.99 Å². The van der Waals surface area contributed by atoms with Crippen molar-refractivity contribution in [2.45, 2.75) is 57.4 Å². The summed E-state index contributed by atoms with van der Waals surface area (Å²) in [5.41, 5.74) is 1.08. The van der Waals surface area contributed by atoms with Gasteiger partial charge in [0.05, 0.1) is 7.11 Å². The monoisotopic (exact) mass is 388 g/mol. The predicted octanol–water partition coefficient (Wildman–Crippen LogP) is 2.93. The molecule has 0 heterocycles. The predicted molar refractivity (Wildman–Crippen MR) is 115 cm³/mol. The Hall–Kier alpha value is -2.24. The molecule has 0 aromatic heterocycles. The molecule has 156 valence electrons. The van der Waals surface area contributed by atoms with Gasteiger partial charge in [-0.2, -0.15) is 0 Å². The Balaban J connectivity index is 2.06. The van der Waals surface area contributed by atoms with Crippen LogP contribution in [0.3, 0.4) is 0 Å². The Morgan fingerprint density at radius 2 is 1.96 bits per heavy atom. The molecule has 0 aliphatic heterocycles. The van der Waals surface area contributed by atoms with E-state index in [1.54, 1.807) is 26.1 Å². The quantitative estimate of drug-likeness (QED) is 0.557. The van der Waals surface area contributed by atoms with Crippen LogP contribution in [0, 0.1) is 0 Å². The van der Waals surface area contributed by atoms with Crippen LogP contribution in [0.4, 0.5) is 0 Å². The van der Waals surface area contributed by atoms with E-state index in [0.717, 1.165) is 24.6 Å². The number of guanidine groups is 1. The first-order valence-corrected chi connectivity index (χ1v) is 10.2. The first-order valence-electron chi connectivity index (χ1n) is 10.2. The second-order valence-electron chi connectivity index (χ2n) is 8.40. The number of carbonyl (C=O) groups excluding carboxylic acids is 1.